The van der Waals surface area contributed by atoms with E-state index in [0.717, 1.165) is 10.0 Å². The summed E-state index contributed by atoms with van der Waals surface area (Å²) in [6, 6.07) is 12.2. The molecule has 2 rings (SSSR count). The lowest BCUT2D eigenvalue weighted by Gasteiger charge is -2.21. The molecule has 18 heavy (non-hydrogen) atoms. The van der Waals surface area contributed by atoms with E-state index in [1.807, 2.05) is 31.2 Å². The summed E-state index contributed by atoms with van der Waals surface area (Å²) in [6.07, 6.45) is -0.0791. The van der Waals surface area contributed by atoms with Crippen molar-refractivity contribution in [3.63, 3.8) is 0 Å². The normalized spacial score (nSPS) is 14.4. The summed E-state index contributed by atoms with van der Waals surface area (Å²) in [4.78, 5) is 1.22. The van der Waals surface area contributed by atoms with Gasteiger partial charge in [-0.25, -0.2) is 0 Å². The largest absolute Gasteiger partial charge is 0.366 e. The molecule has 96 valence electrons. The smallest absolute Gasteiger partial charge is 0.0978 e. The van der Waals surface area contributed by atoms with Crippen LogP contribution in [0.4, 0.5) is 0 Å². The Bertz CT molecular complexity index is 484. The Morgan fingerprint density at radius 2 is 2.17 bits per heavy atom. The highest BCUT2D eigenvalue weighted by molar-refractivity contribution is 9.10. The molecule has 0 bridgehead atoms. The monoisotopic (exact) mass is 325 g/mol. The molecule has 0 aliphatic rings. The molecule has 2 atom stereocenters. The van der Waals surface area contributed by atoms with Crippen molar-refractivity contribution < 1.29 is 4.74 Å². The molecule has 2 aromatic rings. The average Bonchev–Trinajstić information content (AvgIpc) is 2.82. The van der Waals surface area contributed by atoms with Gasteiger partial charge in [0.2, 0.25) is 0 Å². The highest BCUT2D eigenvalue weighted by Crippen LogP contribution is 2.25. The van der Waals surface area contributed by atoms with Gasteiger partial charge in [-0.1, -0.05) is 34.1 Å². The SMILES string of the molecule is CC(N)C(OCc1cccs1)c1cccc(Br)c1. The fourth-order valence-electron chi connectivity index (χ4n) is 1.80. The summed E-state index contributed by atoms with van der Waals surface area (Å²) in [5, 5.41) is 2.05. The Labute approximate surface area is 120 Å². The second-order valence-corrected chi connectivity index (χ2v) is 6.17. The number of hydrogen-bond acceptors (Lipinski definition) is 3. The minimum absolute atomic E-state index is 0.0423. The predicted octanol–water partition coefficient (Wildman–Crippen LogP) is 4.12. The van der Waals surface area contributed by atoms with Crippen molar-refractivity contribution in [1.29, 1.82) is 0 Å². The van der Waals surface area contributed by atoms with Crippen molar-refractivity contribution in [2.45, 2.75) is 25.7 Å². The third-order valence-corrected chi connectivity index (χ3v) is 3.98. The lowest BCUT2D eigenvalue weighted by atomic mass is 10.0. The van der Waals surface area contributed by atoms with Crippen LogP contribution >= 0.6 is 27.3 Å². The van der Waals surface area contributed by atoms with Gasteiger partial charge < -0.3 is 10.5 Å². The maximum absolute atomic E-state index is 6.02. The first-order valence-electron chi connectivity index (χ1n) is 5.82. The molecular weight excluding hydrogens is 310 g/mol. The summed E-state index contributed by atoms with van der Waals surface area (Å²) in [5.41, 5.74) is 7.13. The van der Waals surface area contributed by atoms with Crippen molar-refractivity contribution in [2.24, 2.45) is 5.73 Å². The maximum atomic E-state index is 6.02. The van der Waals surface area contributed by atoms with Gasteiger partial charge in [-0.05, 0) is 36.1 Å². The third-order valence-electron chi connectivity index (χ3n) is 2.64. The van der Waals surface area contributed by atoms with Crippen molar-refractivity contribution in [3.8, 4) is 0 Å². The number of thiophene rings is 1. The average molecular weight is 326 g/mol. The Hall–Kier alpha value is -0.680. The van der Waals surface area contributed by atoms with Gasteiger partial charge in [0.1, 0.15) is 0 Å². The molecule has 0 saturated carbocycles. The fourth-order valence-corrected chi connectivity index (χ4v) is 2.84. The van der Waals surface area contributed by atoms with Crippen LogP contribution in [0.25, 0.3) is 0 Å². The summed E-state index contributed by atoms with van der Waals surface area (Å²) in [6.45, 7) is 2.58. The van der Waals surface area contributed by atoms with Crippen LogP contribution in [0, 0.1) is 0 Å². The van der Waals surface area contributed by atoms with Gasteiger partial charge in [-0.2, -0.15) is 0 Å². The van der Waals surface area contributed by atoms with Gasteiger partial charge in [-0.15, -0.1) is 11.3 Å². The van der Waals surface area contributed by atoms with Gasteiger partial charge in [0, 0.05) is 15.4 Å². The first-order chi connectivity index (χ1) is 8.66. The molecule has 2 unspecified atom stereocenters. The number of rotatable bonds is 5. The molecule has 4 heteroatoms. The molecule has 1 heterocycles. The zero-order chi connectivity index (χ0) is 13.0. The van der Waals surface area contributed by atoms with Gasteiger partial charge in [0.25, 0.3) is 0 Å². The molecule has 0 amide bonds. The lowest BCUT2D eigenvalue weighted by Crippen LogP contribution is -2.26. The Balaban J connectivity index is 2.08. The van der Waals surface area contributed by atoms with Crippen LogP contribution in [0.5, 0.6) is 0 Å². The second kappa shape index (κ2) is 6.48. The van der Waals surface area contributed by atoms with Crippen molar-refractivity contribution >= 4 is 27.3 Å². The van der Waals surface area contributed by atoms with E-state index in [-0.39, 0.29) is 12.1 Å². The predicted molar refractivity (Wildman–Crippen MR) is 79.6 cm³/mol. The van der Waals surface area contributed by atoms with Crippen LogP contribution in [0.1, 0.15) is 23.5 Å². The summed E-state index contributed by atoms with van der Waals surface area (Å²) < 4.78 is 7.00. The van der Waals surface area contributed by atoms with Crippen LogP contribution in [0.15, 0.2) is 46.3 Å². The molecule has 2 nitrogen and oxygen atoms in total. The van der Waals surface area contributed by atoms with E-state index in [4.69, 9.17) is 10.5 Å². The first-order valence-corrected chi connectivity index (χ1v) is 7.49. The van der Waals surface area contributed by atoms with Gasteiger partial charge in [0.05, 0.1) is 12.7 Å². The van der Waals surface area contributed by atoms with Crippen LogP contribution < -0.4 is 5.73 Å². The van der Waals surface area contributed by atoms with Gasteiger partial charge in [-0.3, -0.25) is 0 Å². The van der Waals surface area contributed by atoms with Crippen LogP contribution in [-0.4, -0.2) is 6.04 Å². The quantitative estimate of drug-likeness (QED) is 0.897. The molecule has 0 fully saturated rings. The Kier molecular flexibility index (Phi) is 4.95. The van der Waals surface area contributed by atoms with Crippen molar-refractivity contribution in [3.05, 3.63) is 56.7 Å². The van der Waals surface area contributed by atoms with Gasteiger partial charge in [0.15, 0.2) is 0 Å². The van der Waals surface area contributed by atoms with E-state index in [1.54, 1.807) is 11.3 Å². The standard InChI is InChI=1S/C14H16BrNOS/c1-10(16)14(11-4-2-5-12(15)8-11)17-9-13-6-3-7-18-13/h2-8,10,14H,9,16H2,1H3. The van der Waals surface area contributed by atoms with E-state index in [0.29, 0.717) is 6.61 Å². The van der Waals surface area contributed by atoms with Crippen LogP contribution in [0.2, 0.25) is 0 Å². The summed E-state index contributed by atoms with van der Waals surface area (Å²) in [7, 11) is 0. The molecule has 1 aromatic carbocycles. The van der Waals surface area contributed by atoms with Crippen LogP contribution in [-0.2, 0) is 11.3 Å². The number of nitrogens with two attached hydrogens (primary N) is 1. The van der Waals surface area contributed by atoms with E-state index in [2.05, 4.69) is 33.4 Å². The molecule has 1 aromatic heterocycles. The number of halogens is 1. The van der Waals surface area contributed by atoms with Gasteiger partial charge >= 0.3 is 0 Å². The van der Waals surface area contributed by atoms with E-state index in [1.165, 1.54) is 4.88 Å². The number of hydrogen-bond donors (Lipinski definition) is 1. The third kappa shape index (κ3) is 3.65. The second-order valence-electron chi connectivity index (χ2n) is 4.23. The highest BCUT2D eigenvalue weighted by atomic mass is 79.9. The van der Waals surface area contributed by atoms with Crippen molar-refractivity contribution in [1.82, 2.24) is 0 Å². The molecule has 0 aliphatic carbocycles. The molecular formula is C14H16BrNOS. The van der Waals surface area contributed by atoms with E-state index < -0.39 is 0 Å². The molecule has 0 saturated heterocycles. The maximum Gasteiger partial charge on any atom is 0.0978 e. The topological polar surface area (TPSA) is 35.2 Å². The van der Waals surface area contributed by atoms with Crippen LogP contribution in [0.3, 0.4) is 0 Å². The summed E-state index contributed by atoms with van der Waals surface area (Å²) in [5.74, 6) is 0. The minimum atomic E-state index is -0.0791. The molecule has 2 N–H and O–H groups in total. The van der Waals surface area contributed by atoms with Crippen molar-refractivity contribution in [2.75, 3.05) is 0 Å². The fraction of sp³-hybridized carbons (Fsp3) is 0.286. The molecule has 0 radical (unpaired) electrons. The summed E-state index contributed by atoms with van der Waals surface area (Å²) >= 11 is 5.17. The number of benzene rings is 1. The molecule has 0 spiro atoms. The minimum Gasteiger partial charge on any atom is -0.366 e. The Morgan fingerprint density at radius 3 is 2.78 bits per heavy atom. The molecule has 0 aliphatic heterocycles. The van der Waals surface area contributed by atoms with E-state index in [9.17, 15) is 0 Å². The number of ether oxygens (including phenoxy) is 1. The first kappa shape index (κ1) is 13.7. The zero-order valence-electron chi connectivity index (χ0n) is 10.2. The van der Waals surface area contributed by atoms with E-state index >= 15 is 0 Å². The zero-order valence-corrected chi connectivity index (χ0v) is 12.6. The Morgan fingerprint density at radius 1 is 1.33 bits per heavy atom. The highest BCUT2D eigenvalue weighted by Gasteiger charge is 2.17. The lowest BCUT2D eigenvalue weighted by molar-refractivity contribution is 0.0273.